The molecule has 6 heterocycles. The van der Waals surface area contributed by atoms with Gasteiger partial charge in [0.15, 0.2) is 0 Å². The van der Waals surface area contributed by atoms with E-state index in [4.69, 9.17) is 0 Å². The summed E-state index contributed by atoms with van der Waals surface area (Å²) in [6, 6.07) is 101. The van der Waals surface area contributed by atoms with Crippen LogP contribution in [0.1, 0.15) is 230 Å². The van der Waals surface area contributed by atoms with E-state index < -0.39 is 0 Å². The van der Waals surface area contributed by atoms with Gasteiger partial charge in [-0.3, -0.25) is 0 Å². The van der Waals surface area contributed by atoms with Gasteiger partial charge in [-0.25, -0.2) is 0 Å². The summed E-state index contributed by atoms with van der Waals surface area (Å²) in [7, 11) is 0. The molecule has 6 aliphatic rings. The molecule has 0 radical (unpaired) electrons. The van der Waals surface area contributed by atoms with Crippen molar-refractivity contribution in [2.45, 2.75) is 235 Å². The number of hydrogen-bond acceptors (Lipinski definition) is 7. The number of anilines is 14. The van der Waals surface area contributed by atoms with Crippen molar-refractivity contribution >= 4 is 153 Å². The fraction of sp³-hybridized carbons (Fsp3) is 0.322. The van der Waals surface area contributed by atoms with Gasteiger partial charge in [-0.2, -0.15) is 0 Å². The Bertz CT molecular complexity index is 6590. The first-order valence-corrected chi connectivity index (χ1v) is 48.2. The topological polar surface area (TPSA) is 16.2 Å². The second-order valence-electron chi connectivity index (χ2n) is 46.1. The Morgan fingerprint density at radius 1 is 0.339 bits per heavy atom. The minimum atomic E-state index is -0.278. The molecule has 9 heteroatoms. The molecule has 5 aliphatic heterocycles. The van der Waals surface area contributed by atoms with Crippen molar-refractivity contribution < 1.29 is 0 Å². The minimum absolute atomic E-state index is 0.0113. The summed E-state index contributed by atoms with van der Waals surface area (Å²) in [6.45, 7) is 61.4. The van der Waals surface area contributed by atoms with Crippen LogP contribution in [-0.4, -0.2) is 18.7 Å². The maximum absolute atomic E-state index is 2.75. The second-order valence-corrected chi connectivity index (χ2v) is 48.4. The molecule has 642 valence electrons. The van der Waals surface area contributed by atoms with Crippen LogP contribution in [0, 0.1) is 11.3 Å². The third kappa shape index (κ3) is 15.1. The molecular weight excluding hydrogens is 1570 g/mol. The van der Waals surface area contributed by atoms with Gasteiger partial charge < -0.3 is 24.5 Å². The fourth-order valence-electron chi connectivity index (χ4n) is 20.6. The van der Waals surface area contributed by atoms with Gasteiger partial charge in [-0.1, -0.05) is 338 Å². The SMILES string of the molecule is CC(C)(Cc1ccc2c3c(sc2c1)B1c2cc(C(C)(C)C)ccc2N(c2ccc(C(C)(C)C)cc2-c2ccc(C(C)(C)C)cc2)c2cc(N(c4ccccc4)c4ccccc4)cc(c21)N3c1ccc(C(C)(C)C)cc1)C1=CC2C3=C(SC2C=C1)B1c2cc(C(C)(C)C)ccc2N(c2ccc(C(C)(C)C)cc2)c2cc(C(C)(C)C)cc(c21)N3c1ccc(C(C)(C)C)cc1. The van der Waals surface area contributed by atoms with Crippen molar-refractivity contribution in [2.75, 3.05) is 24.5 Å². The smallest absolute Gasteiger partial charge is 0.264 e. The first-order chi connectivity index (χ1) is 59.8. The lowest BCUT2D eigenvalue weighted by molar-refractivity contribution is 0.448. The van der Waals surface area contributed by atoms with Crippen molar-refractivity contribution in [3.63, 3.8) is 0 Å². The van der Waals surface area contributed by atoms with Crippen molar-refractivity contribution in [3.8, 4) is 11.1 Å². The lowest BCUT2D eigenvalue weighted by Gasteiger charge is -2.45. The molecule has 1 aliphatic carbocycles. The van der Waals surface area contributed by atoms with Crippen LogP contribution in [0.4, 0.5) is 79.6 Å². The monoisotopic (exact) mass is 1700 g/mol. The molecule has 0 bridgehead atoms. The van der Waals surface area contributed by atoms with Crippen LogP contribution in [0.5, 0.6) is 0 Å². The van der Waals surface area contributed by atoms with E-state index >= 15 is 0 Å². The minimum Gasteiger partial charge on any atom is -0.314 e. The van der Waals surface area contributed by atoms with Gasteiger partial charge in [0.25, 0.3) is 13.4 Å². The number of fused-ring (bicyclic) bond motifs is 11. The van der Waals surface area contributed by atoms with Crippen LogP contribution in [-0.2, 0) is 49.7 Å². The number of rotatable bonds is 11. The molecule has 0 saturated heterocycles. The number of thiophene rings is 1. The summed E-state index contributed by atoms with van der Waals surface area (Å²) < 4.78 is 2.66. The molecule has 5 nitrogen and oxygen atoms in total. The van der Waals surface area contributed by atoms with Crippen LogP contribution in [0.3, 0.4) is 0 Å². The normalized spacial score (nSPS) is 16.3. The van der Waals surface area contributed by atoms with Crippen molar-refractivity contribution in [1.82, 2.24) is 0 Å². The maximum Gasteiger partial charge on any atom is 0.264 e. The van der Waals surface area contributed by atoms with Gasteiger partial charge in [0.2, 0.25) is 0 Å². The van der Waals surface area contributed by atoms with Gasteiger partial charge >= 0.3 is 0 Å². The molecule has 127 heavy (non-hydrogen) atoms. The third-order valence-electron chi connectivity index (χ3n) is 28.2. The maximum atomic E-state index is 2.75. The Morgan fingerprint density at radius 3 is 1.24 bits per heavy atom. The Morgan fingerprint density at radius 2 is 0.748 bits per heavy atom. The standard InChI is InChI=1S/C118H127B2N5S2/c1-110(2,3)75-40-38-74(39-41-75)91-64-79(114(13,14)15)48-59-95(91)125-97-61-50-81(116(19,20)21)67-94(97)120-105-100(70-89(71-101(105)125)121(84-33-29-27-30-34-84)85-35-31-28-32-36-85)124(88-56-46-78(47-57-88)113(10,11)12)106-90-58-37-73(63-103(90)127-108(106)120)72-118(25,26)82-51-62-102-92(65-82)107-109(126-102)119-93-66-80(115(16,17)18)49-60-96(93)122(86-52-42-76(43-53-86)111(4,5)6)98-68-83(117(22,23)24)69-99(104(98)119)123(107)87-54-44-77(45-55-87)112(7,8)9/h27-71,92,102H,72H2,1-26H3. The van der Waals surface area contributed by atoms with Crippen LogP contribution < -0.4 is 51.1 Å². The highest BCUT2D eigenvalue weighted by Crippen LogP contribution is 2.59. The molecule has 1 aromatic heterocycles. The third-order valence-corrected chi connectivity index (χ3v) is 30.8. The van der Waals surface area contributed by atoms with Gasteiger partial charge in [-0.15, -0.1) is 23.1 Å². The van der Waals surface area contributed by atoms with Crippen LogP contribution in [0.15, 0.2) is 289 Å². The van der Waals surface area contributed by atoms with Crippen molar-refractivity contribution in [3.05, 3.63) is 339 Å². The van der Waals surface area contributed by atoms with Gasteiger partial charge in [-0.05, 0) is 258 Å². The van der Waals surface area contributed by atoms with Crippen LogP contribution >= 0.6 is 23.1 Å². The number of thioether (sulfide) groups is 1. The highest BCUT2D eigenvalue weighted by atomic mass is 32.2. The van der Waals surface area contributed by atoms with E-state index in [0.717, 1.165) is 34.9 Å². The van der Waals surface area contributed by atoms with Crippen LogP contribution in [0.2, 0.25) is 0 Å². The molecule has 0 spiro atoms. The lowest BCUT2D eigenvalue weighted by atomic mass is 9.36. The molecule has 19 rings (SSSR count). The van der Waals surface area contributed by atoms with Gasteiger partial charge in [0, 0.05) is 99.9 Å². The summed E-state index contributed by atoms with van der Waals surface area (Å²) >= 11 is 4.14. The first kappa shape index (κ1) is 85.7. The summed E-state index contributed by atoms with van der Waals surface area (Å²) in [5, 5.41) is 1.46. The number of benzene rings is 12. The van der Waals surface area contributed by atoms with Crippen LogP contribution in [0.25, 0.3) is 21.2 Å². The predicted octanol–water partition coefficient (Wildman–Crippen LogP) is 30.3. The van der Waals surface area contributed by atoms with E-state index in [2.05, 4.69) is 489 Å². The van der Waals surface area contributed by atoms with Crippen molar-refractivity contribution in [1.29, 1.82) is 0 Å². The number of para-hydroxylation sites is 2. The Labute approximate surface area is 768 Å². The summed E-state index contributed by atoms with van der Waals surface area (Å²) in [4.78, 5) is 14.7. The molecule has 2 atom stereocenters. The highest BCUT2D eigenvalue weighted by Gasteiger charge is 2.53. The van der Waals surface area contributed by atoms with E-state index in [1.165, 1.54) is 165 Å². The Kier molecular flexibility index (Phi) is 20.4. The summed E-state index contributed by atoms with van der Waals surface area (Å²) in [5.41, 5.74) is 38.3. The number of nitrogens with zero attached hydrogens (tertiary/aromatic N) is 5. The second kappa shape index (κ2) is 30.2. The fourth-order valence-corrected chi connectivity index (χ4v) is 23.5. The first-order valence-electron chi connectivity index (χ1n) is 46.5. The molecule has 0 fully saturated rings. The molecule has 12 aromatic carbocycles. The highest BCUT2D eigenvalue weighted by molar-refractivity contribution is 8.06. The lowest BCUT2D eigenvalue weighted by Crippen LogP contribution is -2.60. The van der Waals surface area contributed by atoms with Gasteiger partial charge in [0.1, 0.15) is 0 Å². The molecule has 0 saturated carbocycles. The Hall–Kier alpha value is -10.7. The zero-order valence-corrected chi connectivity index (χ0v) is 81.7. The largest absolute Gasteiger partial charge is 0.314 e. The molecule has 2 unspecified atom stereocenters. The number of hydrogen-bond donors (Lipinski definition) is 0. The molecular formula is C118H127B2N5S2. The van der Waals surface area contributed by atoms with E-state index in [1.54, 1.807) is 0 Å². The van der Waals surface area contributed by atoms with Gasteiger partial charge in [0.05, 0.1) is 17.1 Å². The van der Waals surface area contributed by atoms with E-state index in [1.807, 2.05) is 11.3 Å². The number of allylic oxidation sites excluding steroid dienone is 3. The summed E-state index contributed by atoms with van der Waals surface area (Å²) in [6.07, 6.45) is 8.72. The van der Waals surface area contributed by atoms with E-state index in [0.29, 0.717) is 0 Å². The summed E-state index contributed by atoms with van der Waals surface area (Å²) in [5.74, 6) is 0.0886. The predicted molar refractivity (Wildman–Crippen MR) is 557 cm³/mol. The molecule has 0 N–H and O–H groups in total. The van der Waals surface area contributed by atoms with E-state index in [9.17, 15) is 0 Å². The van der Waals surface area contributed by atoms with Crippen molar-refractivity contribution in [2.24, 2.45) is 11.3 Å². The average Bonchev–Trinajstić information content (AvgIpc) is 1.66. The Balaban J connectivity index is 0.797. The quantitative estimate of drug-likeness (QED) is 0.119. The molecule has 13 aromatic rings. The van der Waals surface area contributed by atoms with E-state index in [-0.39, 0.29) is 73.3 Å². The molecule has 0 amide bonds. The average molecular weight is 1700 g/mol. The zero-order chi connectivity index (χ0) is 89.8. The zero-order valence-electron chi connectivity index (χ0n) is 80.0.